The molecule has 19 heavy (non-hydrogen) atoms. The lowest BCUT2D eigenvalue weighted by Gasteiger charge is -2.18. The third kappa shape index (κ3) is 2.92. The van der Waals surface area contributed by atoms with Gasteiger partial charge in [-0.05, 0) is 31.2 Å². The van der Waals surface area contributed by atoms with Gasteiger partial charge in [0.1, 0.15) is 0 Å². The summed E-state index contributed by atoms with van der Waals surface area (Å²) in [7, 11) is 0. The van der Waals surface area contributed by atoms with Gasteiger partial charge in [0.25, 0.3) is 0 Å². The van der Waals surface area contributed by atoms with Crippen molar-refractivity contribution in [2.45, 2.75) is 6.92 Å². The highest BCUT2D eigenvalue weighted by Gasteiger charge is 2.23. The molecule has 0 atom stereocenters. The van der Waals surface area contributed by atoms with Crippen molar-refractivity contribution < 1.29 is 18.8 Å². The smallest absolute Gasteiger partial charge is 0.429 e. The number of amides is 2. The van der Waals surface area contributed by atoms with E-state index in [0.29, 0.717) is 5.69 Å². The molecular weight excluding hydrogens is 248 g/mol. The van der Waals surface area contributed by atoms with E-state index in [4.69, 9.17) is 15.0 Å². The molecule has 98 valence electrons. The van der Waals surface area contributed by atoms with Crippen LogP contribution in [0, 0.1) is 6.92 Å². The van der Waals surface area contributed by atoms with Gasteiger partial charge in [-0.25, -0.2) is 4.79 Å². The van der Waals surface area contributed by atoms with Crippen molar-refractivity contribution in [1.82, 2.24) is 0 Å². The molecule has 1 aromatic heterocycles. The first kappa shape index (κ1) is 12.7. The number of anilines is 1. The van der Waals surface area contributed by atoms with Crippen molar-refractivity contribution in [3.8, 4) is 0 Å². The summed E-state index contributed by atoms with van der Waals surface area (Å²) in [6.45, 7) is 1.90. The van der Waals surface area contributed by atoms with Gasteiger partial charge in [0, 0.05) is 0 Å². The van der Waals surface area contributed by atoms with Gasteiger partial charge >= 0.3 is 12.0 Å². The second kappa shape index (κ2) is 5.26. The molecule has 0 spiro atoms. The van der Waals surface area contributed by atoms with Crippen LogP contribution in [0.4, 0.5) is 10.5 Å². The first-order chi connectivity index (χ1) is 9.08. The molecule has 1 heterocycles. The molecule has 2 aromatic rings. The molecule has 0 unspecified atom stereocenters. The Balaban J connectivity index is 2.33. The van der Waals surface area contributed by atoms with E-state index in [1.165, 1.54) is 12.3 Å². The first-order valence-electron chi connectivity index (χ1n) is 5.50. The SMILES string of the molecule is Cc1ccc(N(OC(N)=O)C(=O)c2ccco2)cc1. The van der Waals surface area contributed by atoms with Crippen molar-refractivity contribution in [3.63, 3.8) is 0 Å². The molecule has 0 radical (unpaired) electrons. The van der Waals surface area contributed by atoms with Crippen LogP contribution in [0.1, 0.15) is 16.1 Å². The molecule has 0 saturated heterocycles. The topological polar surface area (TPSA) is 85.8 Å². The van der Waals surface area contributed by atoms with Crippen LogP contribution in [-0.4, -0.2) is 12.0 Å². The summed E-state index contributed by atoms with van der Waals surface area (Å²) in [5.41, 5.74) is 6.35. The van der Waals surface area contributed by atoms with Crippen molar-refractivity contribution in [2.75, 3.05) is 5.06 Å². The van der Waals surface area contributed by atoms with Gasteiger partial charge < -0.3 is 15.0 Å². The van der Waals surface area contributed by atoms with Crippen molar-refractivity contribution in [2.24, 2.45) is 5.73 Å². The predicted octanol–water partition coefficient (Wildman–Crippen LogP) is 2.25. The molecule has 0 fully saturated rings. The first-order valence-corrected chi connectivity index (χ1v) is 5.50. The van der Waals surface area contributed by atoms with Gasteiger partial charge in [0.15, 0.2) is 5.76 Å². The van der Waals surface area contributed by atoms with E-state index in [1.807, 2.05) is 6.92 Å². The Morgan fingerprint density at radius 1 is 1.21 bits per heavy atom. The number of rotatable bonds is 2. The quantitative estimate of drug-likeness (QED) is 0.839. The van der Waals surface area contributed by atoms with E-state index in [-0.39, 0.29) is 5.76 Å². The Morgan fingerprint density at radius 2 is 1.89 bits per heavy atom. The molecule has 0 aliphatic rings. The summed E-state index contributed by atoms with van der Waals surface area (Å²) in [6.07, 6.45) is 0.269. The predicted molar refractivity (Wildman–Crippen MR) is 67.4 cm³/mol. The second-order valence-corrected chi connectivity index (χ2v) is 3.82. The minimum absolute atomic E-state index is 0.0434. The van der Waals surface area contributed by atoms with Gasteiger partial charge in [-0.1, -0.05) is 17.7 Å². The third-order valence-electron chi connectivity index (χ3n) is 2.37. The summed E-state index contributed by atoms with van der Waals surface area (Å²) in [6, 6.07) is 9.86. The van der Waals surface area contributed by atoms with E-state index in [1.54, 1.807) is 30.3 Å². The number of nitrogens with zero attached hydrogens (tertiary/aromatic N) is 1. The number of hydrogen-bond acceptors (Lipinski definition) is 4. The van der Waals surface area contributed by atoms with Gasteiger partial charge in [-0.2, -0.15) is 0 Å². The number of benzene rings is 1. The maximum atomic E-state index is 12.1. The van der Waals surface area contributed by atoms with Gasteiger partial charge in [0.05, 0.1) is 12.0 Å². The summed E-state index contributed by atoms with van der Waals surface area (Å²) < 4.78 is 4.98. The molecular formula is C13H12N2O4. The summed E-state index contributed by atoms with van der Waals surface area (Å²) in [4.78, 5) is 27.8. The lowest BCUT2D eigenvalue weighted by Crippen LogP contribution is -2.35. The van der Waals surface area contributed by atoms with E-state index in [2.05, 4.69) is 0 Å². The summed E-state index contributed by atoms with van der Waals surface area (Å²) in [5, 5.41) is 0.792. The maximum Gasteiger partial charge on any atom is 0.429 e. The zero-order chi connectivity index (χ0) is 13.8. The van der Waals surface area contributed by atoms with Gasteiger partial charge in [-0.3, -0.25) is 4.79 Å². The van der Waals surface area contributed by atoms with Crippen LogP contribution in [0.15, 0.2) is 47.1 Å². The highest BCUT2D eigenvalue weighted by Crippen LogP contribution is 2.18. The molecule has 1 aromatic carbocycles. The maximum absolute atomic E-state index is 12.1. The van der Waals surface area contributed by atoms with Crippen molar-refractivity contribution in [3.05, 3.63) is 54.0 Å². The Bertz CT molecular complexity index is 575. The van der Waals surface area contributed by atoms with E-state index in [0.717, 1.165) is 10.6 Å². The minimum Gasteiger partial charge on any atom is -0.459 e. The van der Waals surface area contributed by atoms with E-state index >= 15 is 0 Å². The average molecular weight is 260 g/mol. The number of carbonyl (C=O) groups excluding carboxylic acids is 2. The van der Waals surface area contributed by atoms with Crippen molar-refractivity contribution in [1.29, 1.82) is 0 Å². The molecule has 6 heteroatoms. The van der Waals surface area contributed by atoms with Crippen LogP contribution in [0.3, 0.4) is 0 Å². The largest absolute Gasteiger partial charge is 0.459 e. The molecule has 6 nitrogen and oxygen atoms in total. The fraction of sp³-hybridized carbons (Fsp3) is 0.0769. The van der Waals surface area contributed by atoms with Gasteiger partial charge in [-0.15, -0.1) is 5.06 Å². The molecule has 2 amide bonds. The number of nitrogens with two attached hydrogens (primary N) is 1. The fourth-order valence-electron chi connectivity index (χ4n) is 1.48. The van der Waals surface area contributed by atoms with Crippen LogP contribution in [0.25, 0.3) is 0 Å². The van der Waals surface area contributed by atoms with Crippen LogP contribution >= 0.6 is 0 Å². The molecule has 2 N–H and O–H groups in total. The number of hydroxylamine groups is 1. The number of furan rings is 1. The van der Waals surface area contributed by atoms with Crippen LogP contribution in [-0.2, 0) is 4.84 Å². The molecule has 0 aliphatic carbocycles. The second-order valence-electron chi connectivity index (χ2n) is 3.82. The Labute approximate surface area is 109 Å². The highest BCUT2D eigenvalue weighted by atomic mass is 16.7. The highest BCUT2D eigenvalue weighted by molar-refractivity contribution is 6.03. The Morgan fingerprint density at radius 3 is 2.42 bits per heavy atom. The summed E-state index contributed by atoms with van der Waals surface area (Å²) in [5.74, 6) is -0.575. The Kier molecular flexibility index (Phi) is 3.51. The van der Waals surface area contributed by atoms with Gasteiger partial charge in [0.2, 0.25) is 0 Å². The molecule has 0 saturated carbocycles. The number of carbonyl (C=O) groups is 2. The third-order valence-corrected chi connectivity index (χ3v) is 2.37. The lowest BCUT2D eigenvalue weighted by atomic mass is 10.2. The van der Waals surface area contributed by atoms with E-state index in [9.17, 15) is 9.59 Å². The van der Waals surface area contributed by atoms with Crippen molar-refractivity contribution >= 4 is 17.7 Å². The van der Waals surface area contributed by atoms with Crippen LogP contribution in [0.2, 0.25) is 0 Å². The number of hydrogen-bond donors (Lipinski definition) is 1. The monoisotopic (exact) mass is 260 g/mol. The molecule has 0 aliphatic heterocycles. The van der Waals surface area contributed by atoms with Crippen LogP contribution in [0.5, 0.6) is 0 Å². The fourth-order valence-corrected chi connectivity index (χ4v) is 1.48. The summed E-state index contributed by atoms with van der Waals surface area (Å²) >= 11 is 0. The lowest BCUT2D eigenvalue weighted by molar-refractivity contribution is 0.0766. The molecule has 2 rings (SSSR count). The zero-order valence-corrected chi connectivity index (χ0v) is 10.2. The van der Waals surface area contributed by atoms with E-state index < -0.39 is 12.0 Å². The number of aryl methyl sites for hydroxylation is 1. The standard InChI is InChI=1S/C13H12N2O4/c1-9-4-6-10(7-5-9)15(19-13(14)17)12(16)11-3-2-8-18-11/h2-8H,1H3,(H2,14,17). The zero-order valence-electron chi connectivity index (χ0n) is 10.2. The normalized spacial score (nSPS) is 9.95. The molecule has 0 bridgehead atoms. The van der Waals surface area contributed by atoms with Crippen LogP contribution < -0.4 is 10.8 Å². The minimum atomic E-state index is -1.08. The Hall–Kier alpha value is -2.76. The average Bonchev–Trinajstić information content (AvgIpc) is 2.90. The number of primary amides is 1.